The minimum absolute atomic E-state index is 0.243. The third-order valence-corrected chi connectivity index (χ3v) is 3.83. The summed E-state index contributed by atoms with van der Waals surface area (Å²) in [5, 5.41) is 0. The van der Waals surface area contributed by atoms with Gasteiger partial charge in [-0.2, -0.15) is 0 Å². The summed E-state index contributed by atoms with van der Waals surface area (Å²) in [6, 6.07) is 8.38. The van der Waals surface area contributed by atoms with Gasteiger partial charge >= 0.3 is 0 Å². The maximum Gasteiger partial charge on any atom is 0.159 e. The van der Waals surface area contributed by atoms with E-state index in [1.54, 1.807) is 12.1 Å². The van der Waals surface area contributed by atoms with Crippen molar-refractivity contribution in [1.29, 1.82) is 0 Å². The van der Waals surface area contributed by atoms with E-state index < -0.39 is 0 Å². The van der Waals surface area contributed by atoms with Crippen LogP contribution in [0.25, 0.3) is 22.6 Å². The van der Waals surface area contributed by atoms with Gasteiger partial charge in [0.15, 0.2) is 5.82 Å². The van der Waals surface area contributed by atoms with E-state index in [1.807, 2.05) is 13.0 Å². The Labute approximate surface area is 127 Å². The number of aromatic nitrogens is 3. The van der Waals surface area contributed by atoms with Crippen LogP contribution in [0, 0.1) is 12.7 Å². The molecule has 22 heavy (non-hydrogen) atoms. The molecular formula is C17H15FN4. The molecule has 0 radical (unpaired) electrons. The quantitative estimate of drug-likeness (QED) is 0.737. The molecule has 5 heteroatoms. The number of fused-ring (bicyclic) bond motifs is 1. The number of benzene rings is 1. The molecule has 0 atom stereocenters. The molecule has 3 aliphatic rings. The molecule has 3 heterocycles. The van der Waals surface area contributed by atoms with Crippen LogP contribution >= 0.6 is 0 Å². The third kappa shape index (κ3) is 2.15. The number of hydrogen-bond donors (Lipinski definition) is 1. The smallest absolute Gasteiger partial charge is 0.159 e. The summed E-state index contributed by atoms with van der Waals surface area (Å²) in [4.78, 5) is 14.8. The van der Waals surface area contributed by atoms with E-state index in [4.69, 9.17) is 4.98 Å². The van der Waals surface area contributed by atoms with E-state index in [2.05, 4.69) is 27.0 Å². The van der Waals surface area contributed by atoms with Crippen LogP contribution in [-0.2, 0) is 0 Å². The Hall–Kier alpha value is -2.69. The van der Waals surface area contributed by atoms with Crippen molar-refractivity contribution in [2.45, 2.75) is 6.92 Å². The number of rotatable bonds is 2. The first kappa shape index (κ1) is 13.0. The summed E-state index contributed by atoms with van der Waals surface area (Å²) in [6.07, 6.45) is 4.26. The highest BCUT2D eigenvalue weighted by molar-refractivity contribution is 5.78. The summed E-state index contributed by atoms with van der Waals surface area (Å²) < 4.78 is 13.1. The van der Waals surface area contributed by atoms with Gasteiger partial charge in [-0.25, -0.2) is 14.4 Å². The Kier molecular flexibility index (Phi) is 2.92. The Morgan fingerprint density at radius 3 is 2.55 bits per heavy atom. The van der Waals surface area contributed by atoms with Gasteiger partial charge in [-0.1, -0.05) is 12.2 Å². The fraction of sp³-hybridized carbons (Fsp3) is 0.176. The zero-order valence-corrected chi connectivity index (χ0v) is 12.2. The van der Waals surface area contributed by atoms with Crippen LogP contribution < -0.4 is 4.90 Å². The van der Waals surface area contributed by atoms with Crippen LogP contribution in [0.15, 0.2) is 42.5 Å². The molecule has 0 unspecified atom stereocenters. The van der Waals surface area contributed by atoms with Gasteiger partial charge in [0.1, 0.15) is 17.3 Å². The van der Waals surface area contributed by atoms with Crippen molar-refractivity contribution in [1.82, 2.24) is 15.0 Å². The SMILES string of the molecule is Cc1nc(N2CC=CC2)c2nc(-c3ccc(F)cc3)cc-2[nH]1. The maximum atomic E-state index is 13.1. The molecule has 1 N–H and O–H groups in total. The second-order valence-corrected chi connectivity index (χ2v) is 5.43. The van der Waals surface area contributed by atoms with Crippen molar-refractivity contribution < 1.29 is 4.39 Å². The first-order valence-electron chi connectivity index (χ1n) is 7.24. The molecule has 0 spiro atoms. The van der Waals surface area contributed by atoms with Gasteiger partial charge in [-0.05, 0) is 37.3 Å². The number of aryl methyl sites for hydroxylation is 1. The Bertz CT molecular complexity index is 811. The normalized spacial score (nSPS) is 14.2. The van der Waals surface area contributed by atoms with Crippen LogP contribution in [0.1, 0.15) is 5.82 Å². The number of anilines is 1. The van der Waals surface area contributed by atoms with E-state index in [-0.39, 0.29) is 5.82 Å². The zero-order chi connectivity index (χ0) is 15.1. The molecule has 1 aromatic rings. The van der Waals surface area contributed by atoms with E-state index in [9.17, 15) is 4.39 Å². The van der Waals surface area contributed by atoms with E-state index >= 15 is 0 Å². The Morgan fingerprint density at radius 1 is 1.09 bits per heavy atom. The lowest BCUT2D eigenvalue weighted by Gasteiger charge is -2.19. The van der Waals surface area contributed by atoms with E-state index in [1.165, 1.54) is 12.1 Å². The van der Waals surface area contributed by atoms with E-state index in [0.29, 0.717) is 0 Å². The molecule has 1 aromatic carbocycles. The van der Waals surface area contributed by atoms with Crippen LogP contribution in [-0.4, -0.2) is 28.0 Å². The zero-order valence-electron chi connectivity index (χ0n) is 12.2. The average molecular weight is 294 g/mol. The van der Waals surface area contributed by atoms with Gasteiger partial charge in [-0.3, -0.25) is 0 Å². The van der Waals surface area contributed by atoms with Crippen molar-refractivity contribution in [3.63, 3.8) is 0 Å². The summed E-state index contributed by atoms with van der Waals surface area (Å²) in [5.41, 5.74) is 3.53. The predicted octanol–water partition coefficient (Wildman–Crippen LogP) is 3.40. The molecule has 0 aliphatic carbocycles. The van der Waals surface area contributed by atoms with Gasteiger partial charge in [0.25, 0.3) is 0 Å². The van der Waals surface area contributed by atoms with Crippen molar-refractivity contribution in [2.24, 2.45) is 0 Å². The number of H-pyrrole nitrogens is 1. The van der Waals surface area contributed by atoms with Crippen molar-refractivity contribution >= 4 is 5.82 Å². The maximum absolute atomic E-state index is 13.1. The largest absolute Gasteiger partial charge is 0.347 e. The Morgan fingerprint density at radius 2 is 1.82 bits per heavy atom. The van der Waals surface area contributed by atoms with Crippen LogP contribution in [0.5, 0.6) is 0 Å². The number of hydrogen-bond acceptors (Lipinski definition) is 3. The van der Waals surface area contributed by atoms with Gasteiger partial charge in [0, 0.05) is 18.7 Å². The first-order valence-corrected chi connectivity index (χ1v) is 7.24. The number of aromatic amines is 1. The molecule has 0 fully saturated rings. The van der Waals surface area contributed by atoms with Crippen LogP contribution in [0.3, 0.4) is 0 Å². The summed E-state index contributed by atoms with van der Waals surface area (Å²) >= 11 is 0. The van der Waals surface area contributed by atoms with Gasteiger partial charge in [-0.15, -0.1) is 0 Å². The summed E-state index contributed by atoms with van der Waals surface area (Å²) in [5.74, 6) is 1.50. The van der Waals surface area contributed by atoms with Crippen LogP contribution in [0.2, 0.25) is 0 Å². The molecule has 110 valence electrons. The second kappa shape index (κ2) is 4.94. The number of nitrogens with zero attached hydrogens (tertiary/aromatic N) is 3. The minimum atomic E-state index is -0.243. The van der Waals surface area contributed by atoms with Crippen molar-refractivity contribution in [3.05, 3.63) is 54.1 Å². The van der Waals surface area contributed by atoms with Crippen molar-refractivity contribution in [3.8, 4) is 22.6 Å². The van der Waals surface area contributed by atoms with Gasteiger partial charge in [0.05, 0.1) is 11.4 Å². The highest BCUT2D eigenvalue weighted by Gasteiger charge is 2.21. The topological polar surface area (TPSA) is 44.8 Å². The lowest BCUT2D eigenvalue weighted by atomic mass is 10.1. The monoisotopic (exact) mass is 294 g/mol. The highest BCUT2D eigenvalue weighted by atomic mass is 19.1. The van der Waals surface area contributed by atoms with Crippen molar-refractivity contribution in [2.75, 3.05) is 18.0 Å². The molecule has 3 aliphatic heterocycles. The molecular weight excluding hydrogens is 279 g/mol. The molecule has 0 saturated carbocycles. The standard InChI is InChI=1S/C17H15FN4/c1-11-19-15-10-14(12-4-6-13(18)7-5-12)21-16(15)17(20-11)22-8-2-3-9-22/h2-7,10H,8-9H2,1H3,(H,19,20). The van der Waals surface area contributed by atoms with Gasteiger partial charge in [0.2, 0.25) is 0 Å². The average Bonchev–Trinajstić information content (AvgIpc) is 3.16. The lowest BCUT2D eigenvalue weighted by molar-refractivity contribution is 0.628. The molecule has 0 aromatic heterocycles. The minimum Gasteiger partial charge on any atom is -0.347 e. The molecule has 4 rings (SSSR count). The fourth-order valence-corrected chi connectivity index (χ4v) is 2.76. The molecule has 0 saturated heterocycles. The molecule has 4 nitrogen and oxygen atoms in total. The second-order valence-electron chi connectivity index (χ2n) is 5.43. The highest BCUT2D eigenvalue weighted by Crippen LogP contribution is 2.34. The predicted molar refractivity (Wildman–Crippen MR) is 84.5 cm³/mol. The molecule has 0 amide bonds. The molecule has 0 bridgehead atoms. The van der Waals surface area contributed by atoms with Crippen LogP contribution in [0.4, 0.5) is 10.2 Å². The van der Waals surface area contributed by atoms with Gasteiger partial charge < -0.3 is 9.88 Å². The fourth-order valence-electron chi connectivity index (χ4n) is 2.76. The lowest BCUT2D eigenvalue weighted by Crippen LogP contribution is -2.21. The number of nitrogens with one attached hydrogen (secondary N) is 1. The summed E-state index contributed by atoms with van der Waals surface area (Å²) in [7, 11) is 0. The third-order valence-electron chi connectivity index (χ3n) is 3.83. The first-order chi connectivity index (χ1) is 10.7. The Balaban J connectivity index is 1.84. The summed E-state index contributed by atoms with van der Waals surface area (Å²) in [6.45, 7) is 3.64. The number of halogens is 1. The van der Waals surface area contributed by atoms with E-state index in [0.717, 1.165) is 47.4 Å².